The van der Waals surface area contributed by atoms with Crippen LogP contribution < -0.4 is 14.8 Å². The molecular formula is C21H27Cl2NO2. The first-order chi connectivity index (χ1) is 12.3. The maximum atomic E-state index is 6.48. The molecule has 0 atom stereocenters. The summed E-state index contributed by atoms with van der Waals surface area (Å²) in [6, 6.07) is 11.4. The van der Waals surface area contributed by atoms with Crippen molar-refractivity contribution >= 4 is 23.2 Å². The van der Waals surface area contributed by atoms with E-state index in [4.69, 9.17) is 32.7 Å². The minimum atomic E-state index is 0.0524. The summed E-state index contributed by atoms with van der Waals surface area (Å²) < 4.78 is 11.7. The molecule has 0 aliphatic heterocycles. The Bertz CT molecular complexity index is 732. The van der Waals surface area contributed by atoms with Crippen LogP contribution in [0.4, 0.5) is 0 Å². The molecule has 1 N–H and O–H groups in total. The van der Waals surface area contributed by atoms with Gasteiger partial charge in [-0.05, 0) is 56.5 Å². The number of hydrogen-bond donors (Lipinski definition) is 1. The maximum absolute atomic E-state index is 6.48. The summed E-state index contributed by atoms with van der Waals surface area (Å²) in [6.45, 7) is 10.1. The average Bonchev–Trinajstić information content (AvgIpc) is 2.61. The van der Waals surface area contributed by atoms with E-state index < -0.39 is 0 Å². The number of nitrogens with one attached hydrogen (secondary N) is 1. The molecule has 5 heteroatoms. The van der Waals surface area contributed by atoms with Crippen LogP contribution in [0.2, 0.25) is 10.0 Å². The van der Waals surface area contributed by atoms with E-state index in [0.717, 1.165) is 17.5 Å². The molecule has 3 nitrogen and oxygen atoms in total. The molecule has 0 saturated heterocycles. The molecule has 2 aromatic rings. The molecule has 142 valence electrons. The predicted molar refractivity (Wildman–Crippen MR) is 110 cm³/mol. The molecule has 2 rings (SSSR count). The van der Waals surface area contributed by atoms with Crippen molar-refractivity contribution in [3.63, 3.8) is 0 Å². The molecule has 0 fully saturated rings. The minimum absolute atomic E-state index is 0.0524. The van der Waals surface area contributed by atoms with Crippen molar-refractivity contribution in [2.24, 2.45) is 0 Å². The van der Waals surface area contributed by atoms with E-state index in [1.165, 1.54) is 0 Å². The molecule has 0 heterocycles. The van der Waals surface area contributed by atoms with Gasteiger partial charge in [-0.2, -0.15) is 0 Å². The average molecular weight is 396 g/mol. The second-order valence-corrected chi connectivity index (χ2v) is 7.68. The van der Waals surface area contributed by atoms with E-state index in [0.29, 0.717) is 41.3 Å². The van der Waals surface area contributed by atoms with Crippen molar-refractivity contribution in [2.75, 3.05) is 6.61 Å². The Hall–Kier alpha value is -1.42. The first kappa shape index (κ1) is 20.9. The zero-order valence-electron chi connectivity index (χ0n) is 15.9. The van der Waals surface area contributed by atoms with Crippen LogP contribution in [0.15, 0.2) is 36.4 Å². The van der Waals surface area contributed by atoms with Crippen molar-refractivity contribution in [2.45, 2.75) is 52.8 Å². The number of benzene rings is 2. The highest BCUT2D eigenvalue weighted by molar-refractivity contribution is 6.31. The number of hydrogen-bond acceptors (Lipinski definition) is 3. The second-order valence-electron chi connectivity index (χ2n) is 6.83. The smallest absolute Gasteiger partial charge is 0.163 e. The molecule has 0 amide bonds. The summed E-state index contributed by atoms with van der Waals surface area (Å²) in [5.74, 6) is 1.33. The molecule has 0 aromatic heterocycles. The van der Waals surface area contributed by atoms with Crippen molar-refractivity contribution < 1.29 is 9.47 Å². The van der Waals surface area contributed by atoms with E-state index >= 15 is 0 Å². The van der Waals surface area contributed by atoms with E-state index in [-0.39, 0.29) is 5.54 Å². The maximum Gasteiger partial charge on any atom is 0.163 e. The summed E-state index contributed by atoms with van der Waals surface area (Å²) in [7, 11) is 0. The molecule has 26 heavy (non-hydrogen) atoms. The van der Waals surface area contributed by atoms with Gasteiger partial charge in [0.15, 0.2) is 11.5 Å². The fraction of sp³-hybridized carbons (Fsp3) is 0.429. The molecule has 0 saturated carbocycles. The van der Waals surface area contributed by atoms with Crippen molar-refractivity contribution in [3.05, 3.63) is 57.6 Å². The third-order valence-electron chi connectivity index (χ3n) is 4.34. The monoisotopic (exact) mass is 395 g/mol. The van der Waals surface area contributed by atoms with Crippen LogP contribution in [0, 0.1) is 0 Å². The summed E-state index contributed by atoms with van der Waals surface area (Å²) >= 11 is 12.5. The lowest BCUT2D eigenvalue weighted by Gasteiger charge is -2.25. The molecule has 0 radical (unpaired) electrons. The van der Waals surface area contributed by atoms with Gasteiger partial charge in [0.25, 0.3) is 0 Å². The first-order valence-corrected chi connectivity index (χ1v) is 9.67. The van der Waals surface area contributed by atoms with Gasteiger partial charge in [-0.3, -0.25) is 0 Å². The Morgan fingerprint density at radius 3 is 2.38 bits per heavy atom. The standard InChI is InChI=1S/C21H27Cl2NO2/c1-5-21(3,4)24-13-16-11-19(25-6-2)20(12-18(16)23)26-14-15-8-7-9-17(22)10-15/h7-12,24H,5-6,13-14H2,1-4H3. The molecule has 0 aliphatic rings. The van der Waals surface area contributed by atoms with E-state index in [1.54, 1.807) is 0 Å². The normalized spacial score (nSPS) is 11.5. The molecule has 0 unspecified atom stereocenters. The van der Waals surface area contributed by atoms with Crippen LogP contribution >= 0.6 is 23.2 Å². The lowest BCUT2D eigenvalue weighted by Crippen LogP contribution is -2.37. The topological polar surface area (TPSA) is 30.5 Å². The Morgan fingerprint density at radius 1 is 1.00 bits per heavy atom. The van der Waals surface area contributed by atoms with Gasteiger partial charge in [-0.1, -0.05) is 42.3 Å². The summed E-state index contributed by atoms with van der Waals surface area (Å²) in [6.07, 6.45) is 1.03. The van der Waals surface area contributed by atoms with Gasteiger partial charge < -0.3 is 14.8 Å². The quantitative estimate of drug-likeness (QED) is 0.544. The van der Waals surface area contributed by atoms with Gasteiger partial charge in [0.1, 0.15) is 6.61 Å². The molecule has 0 spiro atoms. The summed E-state index contributed by atoms with van der Waals surface area (Å²) in [5, 5.41) is 4.87. The van der Waals surface area contributed by atoms with Crippen LogP contribution in [0.1, 0.15) is 45.2 Å². The highest BCUT2D eigenvalue weighted by Gasteiger charge is 2.16. The minimum Gasteiger partial charge on any atom is -0.490 e. The van der Waals surface area contributed by atoms with Gasteiger partial charge in [-0.25, -0.2) is 0 Å². The number of halogens is 2. The van der Waals surface area contributed by atoms with Crippen molar-refractivity contribution in [1.82, 2.24) is 5.32 Å². The van der Waals surface area contributed by atoms with Gasteiger partial charge in [0, 0.05) is 28.2 Å². The SMILES string of the molecule is CCOc1cc(CNC(C)(C)CC)c(Cl)cc1OCc1cccc(Cl)c1. The lowest BCUT2D eigenvalue weighted by molar-refractivity contribution is 0.269. The summed E-state index contributed by atoms with van der Waals surface area (Å²) in [4.78, 5) is 0. The predicted octanol–water partition coefficient (Wildman–Crippen LogP) is 6.25. The van der Waals surface area contributed by atoms with Crippen LogP contribution in [0.3, 0.4) is 0 Å². The highest BCUT2D eigenvalue weighted by Crippen LogP contribution is 2.34. The highest BCUT2D eigenvalue weighted by atomic mass is 35.5. The summed E-state index contributed by atoms with van der Waals surface area (Å²) in [5.41, 5.74) is 2.04. The van der Waals surface area contributed by atoms with Crippen LogP contribution in [-0.4, -0.2) is 12.1 Å². The Labute approximate surface area is 166 Å². The van der Waals surface area contributed by atoms with Crippen LogP contribution in [0.5, 0.6) is 11.5 Å². The molecular weight excluding hydrogens is 369 g/mol. The van der Waals surface area contributed by atoms with Crippen LogP contribution in [-0.2, 0) is 13.2 Å². The fourth-order valence-electron chi connectivity index (χ4n) is 2.34. The van der Waals surface area contributed by atoms with Crippen molar-refractivity contribution in [3.8, 4) is 11.5 Å². The molecule has 2 aromatic carbocycles. The third-order valence-corrected chi connectivity index (χ3v) is 4.92. The zero-order valence-corrected chi connectivity index (χ0v) is 17.4. The molecule has 0 bridgehead atoms. The number of rotatable bonds is 9. The van der Waals surface area contributed by atoms with Crippen molar-refractivity contribution in [1.29, 1.82) is 0 Å². The van der Waals surface area contributed by atoms with Gasteiger partial charge in [-0.15, -0.1) is 0 Å². The Morgan fingerprint density at radius 2 is 1.73 bits per heavy atom. The van der Waals surface area contributed by atoms with Gasteiger partial charge in [0.2, 0.25) is 0 Å². The second kappa shape index (κ2) is 9.50. The van der Waals surface area contributed by atoms with Gasteiger partial charge >= 0.3 is 0 Å². The lowest BCUT2D eigenvalue weighted by atomic mass is 10.0. The third kappa shape index (κ3) is 6.08. The zero-order chi connectivity index (χ0) is 19.2. The van der Waals surface area contributed by atoms with E-state index in [1.807, 2.05) is 43.3 Å². The Balaban J connectivity index is 2.16. The number of ether oxygens (including phenoxy) is 2. The first-order valence-electron chi connectivity index (χ1n) is 8.92. The fourth-order valence-corrected chi connectivity index (χ4v) is 2.77. The van der Waals surface area contributed by atoms with E-state index in [9.17, 15) is 0 Å². The van der Waals surface area contributed by atoms with Gasteiger partial charge in [0.05, 0.1) is 6.61 Å². The largest absolute Gasteiger partial charge is 0.490 e. The Kier molecular flexibility index (Phi) is 7.63. The molecule has 0 aliphatic carbocycles. The van der Waals surface area contributed by atoms with E-state index in [2.05, 4.69) is 26.1 Å². The van der Waals surface area contributed by atoms with Crippen LogP contribution in [0.25, 0.3) is 0 Å².